The Morgan fingerprint density at radius 2 is 2.00 bits per heavy atom. The summed E-state index contributed by atoms with van der Waals surface area (Å²) < 4.78 is 5.87. The number of amides is 1. The topological polar surface area (TPSA) is 59.2 Å². The molecule has 0 aliphatic heterocycles. The Balaban J connectivity index is 1.52. The van der Waals surface area contributed by atoms with Crippen molar-refractivity contribution < 1.29 is 9.21 Å². The van der Waals surface area contributed by atoms with Crippen LogP contribution >= 0.6 is 11.8 Å². The quantitative estimate of drug-likeness (QED) is 0.592. The molecule has 0 spiro atoms. The van der Waals surface area contributed by atoms with Gasteiger partial charge in [-0.05, 0) is 44.4 Å². The maximum absolute atomic E-state index is 12.3. The number of aryl methyl sites for hydroxylation is 2. The van der Waals surface area contributed by atoms with Gasteiger partial charge in [-0.25, -0.2) is 9.97 Å². The number of aromatic nitrogens is 2. The van der Waals surface area contributed by atoms with E-state index in [1.165, 1.54) is 18.2 Å². The Hall–Kier alpha value is -1.82. The normalized spacial score (nSPS) is 19.3. The number of carbonyl (C=O) groups is 1. The van der Waals surface area contributed by atoms with E-state index < -0.39 is 0 Å². The van der Waals surface area contributed by atoms with Gasteiger partial charge in [0.25, 0.3) is 0 Å². The smallest absolute Gasteiger partial charge is 0.233 e. The third kappa shape index (κ3) is 4.17. The summed E-state index contributed by atoms with van der Waals surface area (Å²) in [6.07, 6.45) is 1.20. The van der Waals surface area contributed by atoms with Gasteiger partial charge in [0.15, 0.2) is 5.16 Å². The summed E-state index contributed by atoms with van der Waals surface area (Å²) in [4.78, 5) is 22.7. The monoisotopic (exact) mass is 345 g/mol. The van der Waals surface area contributed by atoms with Crippen molar-refractivity contribution >= 4 is 17.7 Å². The molecule has 1 fully saturated rings. The van der Waals surface area contributed by atoms with Crippen LogP contribution in [0.3, 0.4) is 0 Å². The van der Waals surface area contributed by atoms with E-state index in [0.717, 1.165) is 28.8 Å². The van der Waals surface area contributed by atoms with Gasteiger partial charge in [0.1, 0.15) is 11.5 Å². The Morgan fingerprint density at radius 3 is 2.62 bits per heavy atom. The molecule has 6 heteroatoms. The van der Waals surface area contributed by atoms with Crippen molar-refractivity contribution in [2.45, 2.75) is 44.8 Å². The first-order chi connectivity index (χ1) is 11.4. The van der Waals surface area contributed by atoms with Crippen LogP contribution in [0.1, 0.15) is 42.2 Å². The molecule has 0 bridgehead atoms. The van der Waals surface area contributed by atoms with Crippen LogP contribution in [0, 0.1) is 19.8 Å². The number of carbonyl (C=O) groups excluding carboxylic acids is 1. The van der Waals surface area contributed by atoms with Crippen LogP contribution in [0.5, 0.6) is 0 Å². The van der Waals surface area contributed by atoms with Gasteiger partial charge in [0.05, 0.1) is 12.3 Å². The summed E-state index contributed by atoms with van der Waals surface area (Å²) in [6.45, 7) is 6.59. The van der Waals surface area contributed by atoms with E-state index in [1.807, 2.05) is 32.0 Å². The van der Waals surface area contributed by atoms with Crippen LogP contribution in [0.2, 0.25) is 0 Å². The minimum absolute atomic E-state index is 0.0421. The predicted octanol–water partition coefficient (Wildman–Crippen LogP) is 3.56. The van der Waals surface area contributed by atoms with Gasteiger partial charge >= 0.3 is 0 Å². The minimum atomic E-state index is 0.0421. The fourth-order valence-electron chi connectivity index (χ4n) is 2.71. The molecular formula is C18H23N3O2S. The highest BCUT2D eigenvalue weighted by Gasteiger charge is 2.36. The summed E-state index contributed by atoms with van der Waals surface area (Å²) in [5, 5.41) is 0.650. The molecule has 1 amide bonds. The van der Waals surface area contributed by atoms with Gasteiger partial charge in [0.2, 0.25) is 5.91 Å². The lowest BCUT2D eigenvalue weighted by Gasteiger charge is -2.15. The van der Waals surface area contributed by atoms with Crippen molar-refractivity contribution in [2.75, 3.05) is 12.8 Å². The van der Waals surface area contributed by atoms with Crippen molar-refractivity contribution in [1.29, 1.82) is 0 Å². The minimum Gasteiger partial charge on any atom is -0.464 e. The van der Waals surface area contributed by atoms with Gasteiger partial charge in [-0.1, -0.05) is 18.7 Å². The zero-order chi connectivity index (χ0) is 17.3. The summed E-state index contributed by atoms with van der Waals surface area (Å²) in [7, 11) is 1.80. The van der Waals surface area contributed by atoms with Gasteiger partial charge in [-0.3, -0.25) is 4.79 Å². The second-order valence-corrected chi connectivity index (χ2v) is 7.54. The molecule has 2 atom stereocenters. The molecule has 0 aromatic carbocycles. The highest BCUT2D eigenvalue weighted by molar-refractivity contribution is 7.99. The molecule has 2 aromatic rings. The number of rotatable bonds is 6. The molecule has 2 heterocycles. The summed E-state index contributed by atoms with van der Waals surface area (Å²) in [5.41, 5.74) is 1.84. The summed E-state index contributed by atoms with van der Waals surface area (Å²) in [5.74, 6) is 3.55. The second kappa shape index (κ2) is 6.97. The third-order valence-electron chi connectivity index (χ3n) is 4.26. The Kier molecular flexibility index (Phi) is 4.94. The average molecular weight is 345 g/mol. The standard InChI is InChI=1S/C18H23N3O2S/c1-11-7-15(11)16-6-5-14(23-16)9-21(4)17(22)10-24-18-19-12(2)8-13(3)20-18/h5-6,8,11,15H,7,9-10H2,1-4H3/t11-,15-/m1/s1. The molecular weight excluding hydrogens is 322 g/mol. The molecule has 0 N–H and O–H groups in total. The van der Waals surface area contributed by atoms with Crippen molar-refractivity contribution in [3.8, 4) is 0 Å². The van der Waals surface area contributed by atoms with Crippen molar-refractivity contribution in [3.05, 3.63) is 41.1 Å². The van der Waals surface area contributed by atoms with Gasteiger partial charge < -0.3 is 9.32 Å². The van der Waals surface area contributed by atoms with E-state index in [-0.39, 0.29) is 5.91 Å². The molecule has 0 radical (unpaired) electrons. The lowest BCUT2D eigenvalue weighted by Crippen LogP contribution is -2.27. The zero-order valence-corrected chi connectivity index (χ0v) is 15.4. The van der Waals surface area contributed by atoms with E-state index in [0.29, 0.717) is 23.4 Å². The van der Waals surface area contributed by atoms with Gasteiger partial charge in [0, 0.05) is 24.4 Å². The number of thioether (sulfide) groups is 1. The molecule has 5 nitrogen and oxygen atoms in total. The molecule has 1 aliphatic rings. The van der Waals surface area contributed by atoms with E-state index in [4.69, 9.17) is 4.42 Å². The maximum Gasteiger partial charge on any atom is 0.233 e. The lowest BCUT2D eigenvalue weighted by atomic mass is 10.3. The predicted molar refractivity (Wildman–Crippen MR) is 93.9 cm³/mol. The van der Waals surface area contributed by atoms with Crippen LogP contribution < -0.4 is 0 Å². The SMILES string of the molecule is Cc1cc(C)nc(SCC(=O)N(C)Cc2ccc([C@@H]3C[C@H]3C)o2)n1. The van der Waals surface area contributed by atoms with E-state index in [1.54, 1.807) is 11.9 Å². The first-order valence-corrected chi connectivity index (χ1v) is 9.18. The van der Waals surface area contributed by atoms with E-state index in [2.05, 4.69) is 16.9 Å². The van der Waals surface area contributed by atoms with E-state index >= 15 is 0 Å². The van der Waals surface area contributed by atoms with Crippen LogP contribution in [0.4, 0.5) is 0 Å². The molecule has 0 saturated heterocycles. The second-order valence-electron chi connectivity index (χ2n) is 6.60. The lowest BCUT2D eigenvalue weighted by molar-refractivity contribution is -0.127. The molecule has 128 valence electrons. The molecule has 1 saturated carbocycles. The highest BCUT2D eigenvalue weighted by atomic mass is 32.2. The van der Waals surface area contributed by atoms with Gasteiger partial charge in [-0.2, -0.15) is 0 Å². The Labute approximate surface area is 146 Å². The fraction of sp³-hybridized carbons (Fsp3) is 0.500. The maximum atomic E-state index is 12.3. The average Bonchev–Trinajstić information content (AvgIpc) is 3.06. The number of furan rings is 1. The number of nitrogens with zero attached hydrogens (tertiary/aromatic N) is 3. The van der Waals surface area contributed by atoms with Crippen LogP contribution in [-0.2, 0) is 11.3 Å². The molecule has 0 unspecified atom stereocenters. The third-order valence-corrected chi connectivity index (χ3v) is 5.09. The molecule has 3 rings (SSSR count). The summed E-state index contributed by atoms with van der Waals surface area (Å²) >= 11 is 1.37. The van der Waals surface area contributed by atoms with Crippen molar-refractivity contribution in [3.63, 3.8) is 0 Å². The fourth-order valence-corrected chi connectivity index (χ4v) is 3.60. The Morgan fingerprint density at radius 1 is 1.33 bits per heavy atom. The highest BCUT2D eigenvalue weighted by Crippen LogP contribution is 2.47. The van der Waals surface area contributed by atoms with Crippen LogP contribution in [0.25, 0.3) is 0 Å². The number of hydrogen-bond donors (Lipinski definition) is 0. The molecule has 2 aromatic heterocycles. The van der Waals surface area contributed by atoms with E-state index in [9.17, 15) is 4.79 Å². The van der Waals surface area contributed by atoms with Crippen molar-refractivity contribution in [1.82, 2.24) is 14.9 Å². The molecule has 1 aliphatic carbocycles. The first-order valence-electron chi connectivity index (χ1n) is 8.20. The van der Waals surface area contributed by atoms with Crippen LogP contribution in [0.15, 0.2) is 27.8 Å². The zero-order valence-electron chi connectivity index (χ0n) is 14.6. The van der Waals surface area contributed by atoms with Crippen molar-refractivity contribution in [2.24, 2.45) is 5.92 Å². The number of hydrogen-bond acceptors (Lipinski definition) is 5. The Bertz CT molecular complexity index is 723. The molecule has 24 heavy (non-hydrogen) atoms. The van der Waals surface area contributed by atoms with Gasteiger partial charge in [-0.15, -0.1) is 0 Å². The van der Waals surface area contributed by atoms with Crippen LogP contribution in [-0.4, -0.2) is 33.6 Å². The first kappa shape index (κ1) is 17.0. The summed E-state index contributed by atoms with van der Waals surface area (Å²) in [6, 6.07) is 5.94. The largest absolute Gasteiger partial charge is 0.464 e.